The van der Waals surface area contributed by atoms with Gasteiger partial charge < -0.3 is 24.2 Å². The monoisotopic (exact) mass is 650 g/mol. The minimum absolute atomic E-state index is 0.104. The van der Waals surface area contributed by atoms with Crippen LogP contribution in [0.25, 0.3) is 22.9 Å². The van der Waals surface area contributed by atoms with Crippen LogP contribution in [0.5, 0.6) is 0 Å². The van der Waals surface area contributed by atoms with Crippen molar-refractivity contribution in [2.24, 2.45) is 5.73 Å². The maximum atomic E-state index is 14.6. The standard InChI is InChI=1S/C24H17F7N6O6S/c1-41-22(25,24(29,30)31)20-35-34-18(42-20)13-6-7-16-15(8-13)37(19(38)14(32)10-44(16,39)40)9-11-2-4-12(5-3-11)17-33-36-21(43-17)23(26,27)28/h2-8,14H,9-10,32H2,1H3/t14-,22?/m0/s1. The van der Waals surface area contributed by atoms with E-state index < -0.39 is 69.3 Å². The van der Waals surface area contributed by atoms with Crippen molar-refractivity contribution in [1.29, 1.82) is 0 Å². The number of ether oxygens (including phenoxy) is 1. The molecule has 4 aromatic rings. The molecule has 0 saturated carbocycles. The zero-order valence-corrected chi connectivity index (χ0v) is 22.7. The van der Waals surface area contributed by atoms with E-state index in [0.717, 1.165) is 23.1 Å². The van der Waals surface area contributed by atoms with E-state index in [4.69, 9.17) is 10.2 Å². The Morgan fingerprint density at radius 3 is 2.05 bits per heavy atom. The number of rotatable bonds is 6. The van der Waals surface area contributed by atoms with Crippen molar-refractivity contribution in [1.82, 2.24) is 20.4 Å². The molecule has 0 spiro atoms. The molecule has 1 aliphatic rings. The van der Waals surface area contributed by atoms with E-state index in [0.29, 0.717) is 12.7 Å². The highest BCUT2D eigenvalue weighted by Gasteiger charge is 2.62. The first kappa shape index (κ1) is 31.0. The number of amides is 1. The lowest BCUT2D eigenvalue weighted by Crippen LogP contribution is -2.45. The van der Waals surface area contributed by atoms with E-state index in [1.165, 1.54) is 24.3 Å². The van der Waals surface area contributed by atoms with Gasteiger partial charge in [0.2, 0.25) is 17.7 Å². The normalized spacial score (nSPS) is 18.5. The summed E-state index contributed by atoms with van der Waals surface area (Å²) < 4.78 is 132. The summed E-state index contributed by atoms with van der Waals surface area (Å²) in [6, 6.07) is 7.10. The number of fused-ring (bicyclic) bond motifs is 1. The summed E-state index contributed by atoms with van der Waals surface area (Å²) in [5.41, 5.74) is 5.88. The molecule has 20 heteroatoms. The fourth-order valence-corrected chi connectivity index (χ4v) is 5.75. The van der Waals surface area contributed by atoms with Gasteiger partial charge in [0, 0.05) is 18.2 Å². The van der Waals surface area contributed by atoms with E-state index in [2.05, 4.69) is 29.5 Å². The van der Waals surface area contributed by atoms with Crippen LogP contribution in [0.4, 0.5) is 36.4 Å². The third-order valence-electron chi connectivity index (χ3n) is 6.37. The number of alkyl halides is 7. The number of methoxy groups -OCH3 is 1. The second-order valence-electron chi connectivity index (χ2n) is 9.31. The highest BCUT2D eigenvalue weighted by Crippen LogP contribution is 2.43. The number of halogens is 7. The Kier molecular flexibility index (Phi) is 7.49. The number of aromatic nitrogens is 4. The number of nitrogens with zero attached hydrogens (tertiary/aromatic N) is 5. The highest BCUT2D eigenvalue weighted by molar-refractivity contribution is 7.91. The fourth-order valence-electron chi connectivity index (χ4n) is 4.19. The topological polar surface area (TPSA) is 168 Å². The van der Waals surface area contributed by atoms with Crippen LogP contribution in [0.15, 0.2) is 56.2 Å². The molecule has 234 valence electrons. The summed E-state index contributed by atoms with van der Waals surface area (Å²) >= 11 is 0. The number of hydrogen-bond acceptors (Lipinski definition) is 11. The van der Waals surface area contributed by atoms with Crippen molar-refractivity contribution in [2.75, 3.05) is 17.8 Å². The molecule has 3 heterocycles. The van der Waals surface area contributed by atoms with Crippen LogP contribution in [0, 0.1) is 0 Å². The van der Waals surface area contributed by atoms with Gasteiger partial charge in [-0.15, -0.1) is 20.4 Å². The first-order valence-corrected chi connectivity index (χ1v) is 13.7. The highest BCUT2D eigenvalue weighted by atomic mass is 32.2. The second kappa shape index (κ2) is 10.6. The van der Waals surface area contributed by atoms with Crippen molar-refractivity contribution in [3.63, 3.8) is 0 Å². The number of hydrogen-bond donors (Lipinski definition) is 1. The molecular formula is C24H17F7N6O6S. The molecule has 2 aromatic heterocycles. The molecule has 2 aromatic carbocycles. The van der Waals surface area contributed by atoms with Gasteiger partial charge in [-0.3, -0.25) is 4.79 Å². The molecule has 0 saturated heterocycles. The van der Waals surface area contributed by atoms with Gasteiger partial charge in [0.05, 0.1) is 28.9 Å². The maximum Gasteiger partial charge on any atom is 0.470 e. The molecule has 1 unspecified atom stereocenters. The molecular weight excluding hydrogens is 633 g/mol. The van der Waals surface area contributed by atoms with E-state index in [1.807, 2.05) is 0 Å². The van der Waals surface area contributed by atoms with E-state index in [1.54, 1.807) is 0 Å². The summed E-state index contributed by atoms with van der Waals surface area (Å²) in [4.78, 5) is 13.9. The minimum Gasteiger partial charge on any atom is -0.415 e. The molecule has 0 bridgehead atoms. The van der Waals surface area contributed by atoms with Gasteiger partial charge >= 0.3 is 24.1 Å². The Labute approximate surface area is 241 Å². The summed E-state index contributed by atoms with van der Waals surface area (Å²) in [5, 5.41) is 12.8. The third-order valence-corrected chi connectivity index (χ3v) is 8.18. The number of benzene rings is 2. The second-order valence-corrected chi connectivity index (χ2v) is 11.3. The molecule has 0 radical (unpaired) electrons. The Balaban J connectivity index is 1.52. The van der Waals surface area contributed by atoms with Crippen molar-refractivity contribution in [2.45, 2.75) is 35.7 Å². The first-order valence-electron chi connectivity index (χ1n) is 12.0. The molecule has 2 N–H and O–H groups in total. The van der Waals surface area contributed by atoms with Crippen LogP contribution in [0.3, 0.4) is 0 Å². The van der Waals surface area contributed by atoms with Gasteiger partial charge in [-0.1, -0.05) is 12.1 Å². The van der Waals surface area contributed by atoms with Crippen molar-refractivity contribution < 1.29 is 57.5 Å². The Morgan fingerprint density at radius 2 is 1.48 bits per heavy atom. The predicted octanol–water partition coefficient (Wildman–Crippen LogP) is 3.78. The number of carbonyl (C=O) groups is 1. The Bertz CT molecular complexity index is 1820. The van der Waals surface area contributed by atoms with Gasteiger partial charge in [0.25, 0.3) is 5.89 Å². The summed E-state index contributed by atoms with van der Waals surface area (Å²) in [6.45, 7) is -0.323. The molecule has 1 amide bonds. The van der Waals surface area contributed by atoms with E-state index >= 15 is 0 Å². The molecule has 1 aliphatic heterocycles. The van der Waals surface area contributed by atoms with Crippen molar-refractivity contribution in [3.8, 4) is 22.9 Å². The molecule has 0 aliphatic carbocycles. The van der Waals surface area contributed by atoms with Gasteiger partial charge in [-0.05, 0) is 35.9 Å². The van der Waals surface area contributed by atoms with Crippen LogP contribution >= 0.6 is 0 Å². The minimum atomic E-state index is -5.59. The SMILES string of the molecule is COC(F)(c1nnc(-c2ccc3c(c2)N(Cc2ccc(-c4nnc(C(F)(F)F)o4)cc2)C(=O)[C@@H](N)CS3(=O)=O)o1)C(F)(F)F. The Morgan fingerprint density at radius 1 is 0.909 bits per heavy atom. The molecule has 0 fully saturated rings. The number of nitrogens with two attached hydrogens (primary N) is 1. The smallest absolute Gasteiger partial charge is 0.415 e. The van der Waals surface area contributed by atoms with Crippen LogP contribution in [-0.4, -0.2) is 59.8 Å². The lowest BCUT2D eigenvalue weighted by atomic mass is 10.1. The summed E-state index contributed by atoms with van der Waals surface area (Å²) in [6.07, 6.45) is -10.4. The van der Waals surface area contributed by atoms with E-state index in [-0.39, 0.29) is 28.3 Å². The average Bonchev–Trinajstić information content (AvgIpc) is 3.64. The van der Waals surface area contributed by atoms with Gasteiger partial charge in [-0.2, -0.15) is 30.7 Å². The van der Waals surface area contributed by atoms with Gasteiger partial charge in [-0.25, -0.2) is 8.42 Å². The summed E-state index contributed by atoms with van der Waals surface area (Å²) in [7, 11) is -3.74. The quantitative estimate of drug-likeness (QED) is 0.302. The van der Waals surface area contributed by atoms with E-state index in [9.17, 15) is 43.9 Å². The molecule has 44 heavy (non-hydrogen) atoms. The third kappa shape index (κ3) is 5.50. The fraction of sp³-hybridized carbons (Fsp3) is 0.292. The van der Waals surface area contributed by atoms with Crippen LogP contribution in [0.2, 0.25) is 0 Å². The number of carbonyl (C=O) groups excluding carboxylic acids is 1. The van der Waals surface area contributed by atoms with Gasteiger partial charge in [0.15, 0.2) is 9.84 Å². The average molecular weight is 650 g/mol. The molecule has 12 nitrogen and oxygen atoms in total. The Hall–Kier alpha value is -4.43. The van der Waals surface area contributed by atoms with Gasteiger partial charge in [0.1, 0.15) is 0 Å². The van der Waals surface area contributed by atoms with Crippen molar-refractivity contribution >= 4 is 21.4 Å². The van der Waals surface area contributed by atoms with Crippen LogP contribution in [-0.2, 0) is 37.9 Å². The maximum absolute atomic E-state index is 14.6. The lowest BCUT2D eigenvalue weighted by molar-refractivity contribution is -0.341. The zero-order valence-electron chi connectivity index (χ0n) is 21.8. The molecule has 2 atom stereocenters. The van der Waals surface area contributed by atoms with Crippen LogP contribution in [0.1, 0.15) is 17.3 Å². The first-order chi connectivity index (χ1) is 20.4. The van der Waals surface area contributed by atoms with Crippen molar-refractivity contribution in [3.05, 3.63) is 59.8 Å². The predicted molar refractivity (Wildman–Crippen MR) is 132 cm³/mol. The largest absolute Gasteiger partial charge is 0.470 e. The summed E-state index contributed by atoms with van der Waals surface area (Å²) in [5.74, 6) is -10.3. The molecule has 5 rings (SSSR count). The number of anilines is 1. The zero-order chi connectivity index (χ0) is 32.2. The number of sulfone groups is 1. The lowest BCUT2D eigenvalue weighted by Gasteiger charge is -2.24. The van der Waals surface area contributed by atoms with Crippen LogP contribution < -0.4 is 10.6 Å².